The minimum Gasteiger partial charge on any atom is -0.389 e. The highest BCUT2D eigenvalue weighted by atomic mass is 32.1. The van der Waals surface area contributed by atoms with E-state index in [2.05, 4.69) is 19.2 Å². The average Bonchev–Trinajstić information content (AvgIpc) is 2.36. The van der Waals surface area contributed by atoms with Crippen molar-refractivity contribution in [1.82, 2.24) is 10.2 Å². The molecule has 0 unspecified atom stereocenters. The van der Waals surface area contributed by atoms with Crippen molar-refractivity contribution in [2.24, 2.45) is 11.7 Å². The maximum Gasteiger partial charge on any atom is 0.234 e. The van der Waals surface area contributed by atoms with Crippen LogP contribution in [-0.2, 0) is 11.3 Å². The molecule has 0 radical (unpaired) electrons. The van der Waals surface area contributed by atoms with E-state index in [1.54, 1.807) is 0 Å². The number of nitrogens with one attached hydrogen (secondary N) is 1. The Morgan fingerprint density at radius 3 is 2.45 bits per heavy atom. The van der Waals surface area contributed by atoms with Gasteiger partial charge in [-0.1, -0.05) is 50.3 Å². The fourth-order valence-electron chi connectivity index (χ4n) is 1.76. The second-order valence-electron chi connectivity index (χ2n) is 5.43. The summed E-state index contributed by atoms with van der Waals surface area (Å²) in [5.41, 5.74) is 7.55. The lowest BCUT2D eigenvalue weighted by atomic mass is 10.1. The number of hydrogen-bond donors (Lipinski definition) is 2. The zero-order valence-corrected chi connectivity index (χ0v) is 13.2. The van der Waals surface area contributed by atoms with Crippen LogP contribution in [0.25, 0.3) is 0 Å². The summed E-state index contributed by atoms with van der Waals surface area (Å²) in [5, 5.41) is 2.91. The average molecular weight is 293 g/mol. The number of benzene rings is 1. The molecule has 1 aromatic rings. The molecule has 20 heavy (non-hydrogen) atoms. The van der Waals surface area contributed by atoms with Crippen LogP contribution in [0.3, 0.4) is 0 Å². The lowest BCUT2D eigenvalue weighted by molar-refractivity contribution is -0.122. The number of likely N-dealkylation sites (N-methyl/N-ethyl adjacent to an activating group) is 1. The Hall–Kier alpha value is -1.46. The Morgan fingerprint density at radius 1 is 1.35 bits per heavy atom. The van der Waals surface area contributed by atoms with Crippen LogP contribution in [0, 0.1) is 5.92 Å². The molecular formula is C15H23N3OS. The van der Waals surface area contributed by atoms with Gasteiger partial charge in [-0.25, -0.2) is 0 Å². The van der Waals surface area contributed by atoms with Crippen molar-refractivity contribution < 1.29 is 4.79 Å². The highest BCUT2D eigenvalue weighted by molar-refractivity contribution is 7.80. The van der Waals surface area contributed by atoms with E-state index in [9.17, 15) is 4.79 Å². The summed E-state index contributed by atoms with van der Waals surface area (Å²) < 4.78 is 0. The van der Waals surface area contributed by atoms with Crippen molar-refractivity contribution in [3.05, 3.63) is 35.4 Å². The van der Waals surface area contributed by atoms with Crippen molar-refractivity contribution in [2.75, 3.05) is 20.1 Å². The number of nitrogens with zero attached hydrogens (tertiary/aromatic N) is 1. The second-order valence-corrected chi connectivity index (χ2v) is 5.87. The molecule has 0 spiro atoms. The lowest BCUT2D eigenvalue weighted by Crippen LogP contribution is -2.36. The molecule has 1 rings (SSSR count). The molecule has 0 aliphatic heterocycles. The number of amides is 1. The van der Waals surface area contributed by atoms with Crippen LogP contribution < -0.4 is 11.1 Å². The van der Waals surface area contributed by atoms with Crippen LogP contribution in [-0.4, -0.2) is 35.9 Å². The highest BCUT2D eigenvalue weighted by Crippen LogP contribution is 2.06. The lowest BCUT2D eigenvalue weighted by Gasteiger charge is -2.17. The van der Waals surface area contributed by atoms with Crippen LogP contribution in [0.15, 0.2) is 24.3 Å². The summed E-state index contributed by atoms with van der Waals surface area (Å²) in [6.45, 7) is 5.98. The van der Waals surface area contributed by atoms with Crippen molar-refractivity contribution >= 4 is 23.1 Å². The summed E-state index contributed by atoms with van der Waals surface area (Å²) in [6, 6.07) is 7.78. The first-order chi connectivity index (χ1) is 9.38. The monoisotopic (exact) mass is 293 g/mol. The summed E-state index contributed by atoms with van der Waals surface area (Å²) >= 11 is 4.91. The van der Waals surface area contributed by atoms with Crippen LogP contribution in [0.2, 0.25) is 0 Å². The van der Waals surface area contributed by atoms with E-state index in [-0.39, 0.29) is 5.91 Å². The molecule has 5 heteroatoms. The van der Waals surface area contributed by atoms with E-state index in [0.29, 0.717) is 24.0 Å². The van der Waals surface area contributed by atoms with Gasteiger partial charge >= 0.3 is 0 Å². The van der Waals surface area contributed by atoms with Crippen molar-refractivity contribution in [1.29, 1.82) is 0 Å². The standard InChI is InChI=1S/C15H23N3OS/c1-11(2)8-17-14(19)10-18(3)9-12-4-6-13(7-5-12)15(16)20/h4-7,11H,8-10H2,1-3H3,(H2,16,20)(H,17,19). The molecule has 0 saturated heterocycles. The maximum absolute atomic E-state index is 11.7. The fourth-order valence-corrected chi connectivity index (χ4v) is 1.90. The maximum atomic E-state index is 11.7. The first-order valence-corrected chi connectivity index (χ1v) is 7.13. The third-order valence-corrected chi connectivity index (χ3v) is 3.05. The quantitative estimate of drug-likeness (QED) is 0.749. The zero-order chi connectivity index (χ0) is 15.1. The van der Waals surface area contributed by atoms with Gasteiger partial charge in [0.2, 0.25) is 5.91 Å². The molecule has 1 amide bonds. The summed E-state index contributed by atoms with van der Waals surface area (Å²) in [7, 11) is 1.93. The molecule has 0 aliphatic rings. The zero-order valence-electron chi connectivity index (χ0n) is 12.3. The smallest absolute Gasteiger partial charge is 0.234 e. The molecule has 0 atom stereocenters. The van der Waals surface area contributed by atoms with E-state index < -0.39 is 0 Å². The summed E-state index contributed by atoms with van der Waals surface area (Å²) in [6.07, 6.45) is 0. The molecule has 0 bridgehead atoms. The molecule has 1 aromatic carbocycles. The third-order valence-electron chi connectivity index (χ3n) is 2.81. The predicted molar refractivity (Wildman–Crippen MR) is 86.5 cm³/mol. The largest absolute Gasteiger partial charge is 0.389 e. The van der Waals surface area contributed by atoms with Crippen LogP contribution >= 0.6 is 12.2 Å². The number of carbonyl (C=O) groups excluding carboxylic acids is 1. The molecule has 0 aromatic heterocycles. The van der Waals surface area contributed by atoms with Gasteiger partial charge in [-0.15, -0.1) is 0 Å². The molecule has 0 aliphatic carbocycles. The van der Waals surface area contributed by atoms with Crippen molar-refractivity contribution in [2.45, 2.75) is 20.4 Å². The summed E-state index contributed by atoms with van der Waals surface area (Å²) in [4.78, 5) is 14.1. The van der Waals surface area contributed by atoms with E-state index in [4.69, 9.17) is 18.0 Å². The number of rotatable bonds is 7. The Bertz CT molecular complexity index is 457. The van der Waals surface area contributed by atoms with Crippen LogP contribution in [0.5, 0.6) is 0 Å². The van der Waals surface area contributed by atoms with Gasteiger partial charge in [0.25, 0.3) is 0 Å². The van der Waals surface area contributed by atoms with Crippen molar-refractivity contribution in [3.63, 3.8) is 0 Å². The third kappa shape index (κ3) is 6.12. The minimum absolute atomic E-state index is 0.0564. The summed E-state index contributed by atoms with van der Waals surface area (Å²) in [5.74, 6) is 0.526. The second kappa shape index (κ2) is 7.97. The molecule has 110 valence electrons. The Balaban J connectivity index is 2.43. The normalized spacial score (nSPS) is 10.8. The molecule has 0 fully saturated rings. The Morgan fingerprint density at radius 2 is 1.95 bits per heavy atom. The van der Waals surface area contributed by atoms with E-state index in [1.165, 1.54) is 0 Å². The van der Waals surface area contributed by atoms with Gasteiger partial charge in [0, 0.05) is 18.7 Å². The minimum atomic E-state index is 0.0564. The molecule has 4 nitrogen and oxygen atoms in total. The van der Waals surface area contributed by atoms with Gasteiger partial charge in [-0.3, -0.25) is 9.69 Å². The number of hydrogen-bond acceptors (Lipinski definition) is 3. The highest BCUT2D eigenvalue weighted by Gasteiger charge is 2.07. The van der Waals surface area contributed by atoms with Crippen LogP contribution in [0.4, 0.5) is 0 Å². The van der Waals surface area contributed by atoms with Gasteiger partial charge in [0.05, 0.1) is 6.54 Å². The molecule has 0 heterocycles. The van der Waals surface area contributed by atoms with Gasteiger partial charge in [-0.05, 0) is 18.5 Å². The molecule has 0 saturated carbocycles. The SMILES string of the molecule is CC(C)CNC(=O)CN(C)Cc1ccc(C(N)=S)cc1. The first kappa shape index (κ1) is 16.6. The van der Waals surface area contributed by atoms with E-state index >= 15 is 0 Å². The molecular weight excluding hydrogens is 270 g/mol. The predicted octanol–water partition coefficient (Wildman–Crippen LogP) is 1.52. The topological polar surface area (TPSA) is 58.4 Å². The van der Waals surface area contributed by atoms with E-state index in [1.807, 2.05) is 36.2 Å². The number of carbonyl (C=O) groups is 1. The molecule has 3 N–H and O–H groups in total. The fraction of sp³-hybridized carbons (Fsp3) is 0.467. The van der Waals surface area contributed by atoms with Crippen molar-refractivity contribution in [3.8, 4) is 0 Å². The van der Waals surface area contributed by atoms with E-state index in [0.717, 1.165) is 17.7 Å². The van der Waals surface area contributed by atoms with Gasteiger partial charge < -0.3 is 11.1 Å². The Labute approximate surface area is 126 Å². The first-order valence-electron chi connectivity index (χ1n) is 6.72. The van der Waals surface area contributed by atoms with Gasteiger partial charge in [0.15, 0.2) is 0 Å². The van der Waals surface area contributed by atoms with Gasteiger partial charge in [0.1, 0.15) is 4.99 Å². The van der Waals surface area contributed by atoms with Gasteiger partial charge in [-0.2, -0.15) is 0 Å². The number of nitrogens with two attached hydrogens (primary N) is 1. The van der Waals surface area contributed by atoms with Crippen LogP contribution in [0.1, 0.15) is 25.0 Å². The number of thiocarbonyl (C=S) groups is 1. The Kier molecular flexibility index (Phi) is 6.61.